The molecule has 0 fully saturated rings. The lowest BCUT2D eigenvalue weighted by atomic mass is 10.2. The molecule has 1 heterocycles. The maximum Gasteiger partial charge on any atom is 0.191 e. The van der Waals surface area contributed by atoms with Gasteiger partial charge in [-0.25, -0.2) is 4.98 Å². The quantitative estimate of drug-likeness (QED) is 0.406. The van der Waals surface area contributed by atoms with Crippen molar-refractivity contribution in [3.63, 3.8) is 0 Å². The molecule has 0 bridgehead atoms. The third kappa shape index (κ3) is 7.13. The second-order valence-electron chi connectivity index (χ2n) is 6.04. The van der Waals surface area contributed by atoms with Crippen molar-refractivity contribution in [3.8, 4) is 5.75 Å². The third-order valence-electron chi connectivity index (χ3n) is 3.67. The van der Waals surface area contributed by atoms with Gasteiger partial charge in [0.25, 0.3) is 0 Å². The lowest BCUT2D eigenvalue weighted by Crippen LogP contribution is -2.37. The van der Waals surface area contributed by atoms with E-state index < -0.39 is 0 Å². The molecule has 0 saturated carbocycles. The predicted octanol–water partition coefficient (Wildman–Crippen LogP) is 3.79. The van der Waals surface area contributed by atoms with Gasteiger partial charge in [0.1, 0.15) is 10.8 Å². The molecule has 0 saturated heterocycles. The van der Waals surface area contributed by atoms with Gasteiger partial charge in [0, 0.05) is 19.0 Å². The molecule has 6 heteroatoms. The number of nitrogens with one attached hydrogen (secondary N) is 2. The number of thiazole rings is 1. The van der Waals surface area contributed by atoms with Crippen LogP contribution in [0.5, 0.6) is 5.75 Å². The van der Waals surface area contributed by atoms with Crippen LogP contribution in [0.4, 0.5) is 0 Å². The smallest absolute Gasteiger partial charge is 0.191 e. The average Bonchev–Trinajstić information content (AvgIpc) is 3.11. The molecule has 0 amide bonds. The molecule has 0 radical (unpaired) electrons. The van der Waals surface area contributed by atoms with Crippen LogP contribution in [-0.4, -0.2) is 31.1 Å². The standard InChI is InChI=1S/C19H28N4OS/c1-15(2)17-14-25-18(23-17)13-22-19(20-3)21-11-7-8-12-24-16-9-5-4-6-10-16/h4-6,9-10,14-15H,7-8,11-13H2,1-3H3,(H2,20,21,22). The van der Waals surface area contributed by atoms with E-state index >= 15 is 0 Å². The average molecular weight is 361 g/mol. The van der Waals surface area contributed by atoms with Gasteiger partial charge >= 0.3 is 0 Å². The van der Waals surface area contributed by atoms with Crippen molar-refractivity contribution in [1.29, 1.82) is 0 Å². The van der Waals surface area contributed by atoms with Crippen LogP contribution in [0.1, 0.15) is 43.3 Å². The molecular weight excluding hydrogens is 332 g/mol. The SMILES string of the molecule is CN=C(NCCCCOc1ccccc1)NCc1nc(C(C)C)cs1. The molecule has 0 spiro atoms. The fraction of sp³-hybridized carbons (Fsp3) is 0.474. The van der Waals surface area contributed by atoms with Crippen LogP contribution in [0.2, 0.25) is 0 Å². The number of ether oxygens (including phenoxy) is 1. The maximum absolute atomic E-state index is 5.69. The second kappa shape index (κ2) is 10.7. The Balaban J connectivity index is 1.58. The molecule has 1 aromatic carbocycles. The van der Waals surface area contributed by atoms with E-state index in [0.29, 0.717) is 12.5 Å². The van der Waals surface area contributed by atoms with Crippen LogP contribution in [0, 0.1) is 0 Å². The van der Waals surface area contributed by atoms with Crippen molar-refractivity contribution in [2.24, 2.45) is 4.99 Å². The first-order chi connectivity index (χ1) is 12.2. The number of hydrogen-bond donors (Lipinski definition) is 2. The van der Waals surface area contributed by atoms with Crippen molar-refractivity contribution in [2.45, 2.75) is 39.2 Å². The Morgan fingerprint density at radius 2 is 2.00 bits per heavy atom. The van der Waals surface area contributed by atoms with Gasteiger partial charge in [-0.1, -0.05) is 32.0 Å². The molecule has 0 atom stereocenters. The van der Waals surface area contributed by atoms with Gasteiger partial charge in [-0.15, -0.1) is 11.3 Å². The van der Waals surface area contributed by atoms with Gasteiger partial charge in [-0.2, -0.15) is 0 Å². The Hall–Kier alpha value is -2.08. The van der Waals surface area contributed by atoms with Crippen LogP contribution < -0.4 is 15.4 Å². The summed E-state index contributed by atoms with van der Waals surface area (Å²) in [5.74, 6) is 2.21. The van der Waals surface area contributed by atoms with Crippen LogP contribution in [-0.2, 0) is 6.54 Å². The van der Waals surface area contributed by atoms with E-state index in [1.807, 2.05) is 30.3 Å². The van der Waals surface area contributed by atoms with Crippen molar-refractivity contribution >= 4 is 17.3 Å². The maximum atomic E-state index is 5.69. The molecule has 0 aliphatic heterocycles. The van der Waals surface area contributed by atoms with Crippen molar-refractivity contribution < 1.29 is 4.74 Å². The lowest BCUT2D eigenvalue weighted by molar-refractivity contribution is 0.307. The van der Waals surface area contributed by atoms with Crippen LogP contribution in [0.25, 0.3) is 0 Å². The highest BCUT2D eigenvalue weighted by Gasteiger charge is 2.06. The molecule has 2 aromatic rings. The first kappa shape index (κ1) is 19.2. The van der Waals surface area contributed by atoms with Gasteiger partial charge in [-0.05, 0) is 30.9 Å². The topological polar surface area (TPSA) is 58.5 Å². The van der Waals surface area contributed by atoms with Gasteiger partial charge in [0.05, 0.1) is 18.8 Å². The number of aliphatic imine (C=N–C) groups is 1. The Kier molecular flexibility index (Phi) is 8.25. The van der Waals surface area contributed by atoms with Crippen LogP contribution >= 0.6 is 11.3 Å². The monoisotopic (exact) mass is 360 g/mol. The largest absolute Gasteiger partial charge is 0.494 e. The van der Waals surface area contributed by atoms with Crippen molar-refractivity contribution in [2.75, 3.05) is 20.2 Å². The summed E-state index contributed by atoms with van der Waals surface area (Å²) in [7, 11) is 1.79. The number of unbranched alkanes of at least 4 members (excludes halogenated alkanes) is 1. The molecule has 2 rings (SSSR count). The minimum Gasteiger partial charge on any atom is -0.494 e. The zero-order valence-electron chi connectivity index (χ0n) is 15.3. The summed E-state index contributed by atoms with van der Waals surface area (Å²) in [6.07, 6.45) is 2.03. The summed E-state index contributed by atoms with van der Waals surface area (Å²) in [6, 6.07) is 9.92. The Bertz CT molecular complexity index is 640. The molecule has 136 valence electrons. The Labute approximate surface area is 154 Å². The minimum atomic E-state index is 0.473. The van der Waals surface area contributed by atoms with E-state index in [4.69, 9.17) is 4.74 Å². The first-order valence-corrected chi connectivity index (χ1v) is 9.63. The lowest BCUT2D eigenvalue weighted by Gasteiger charge is -2.11. The minimum absolute atomic E-state index is 0.473. The molecule has 25 heavy (non-hydrogen) atoms. The van der Waals surface area contributed by atoms with Crippen LogP contribution in [0.3, 0.4) is 0 Å². The molecule has 0 aliphatic rings. The zero-order chi connectivity index (χ0) is 17.9. The first-order valence-electron chi connectivity index (χ1n) is 8.75. The molecule has 5 nitrogen and oxygen atoms in total. The fourth-order valence-corrected chi connectivity index (χ4v) is 3.09. The number of aromatic nitrogens is 1. The van der Waals surface area contributed by atoms with Crippen molar-refractivity contribution in [3.05, 3.63) is 46.4 Å². The van der Waals surface area contributed by atoms with Gasteiger partial charge < -0.3 is 15.4 Å². The predicted molar refractivity (Wildman–Crippen MR) is 106 cm³/mol. The van der Waals surface area contributed by atoms with E-state index in [2.05, 4.69) is 39.8 Å². The van der Waals surface area contributed by atoms with E-state index in [1.54, 1.807) is 18.4 Å². The van der Waals surface area contributed by atoms with E-state index in [-0.39, 0.29) is 0 Å². The molecule has 1 aromatic heterocycles. The number of benzene rings is 1. The van der Waals surface area contributed by atoms with Gasteiger partial charge in [-0.3, -0.25) is 4.99 Å². The summed E-state index contributed by atoms with van der Waals surface area (Å²) in [4.78, 5) is 8.87. The molecule has 0 aliphatic carbocycles. The number of hydrogen-bond acceptors (Lipinski definition) is 4. The van der Waals surface area contributed by atoms with Gasteiger partial charge in [0.2, 0.25) is 0 Å². The summed E-state index contributed by atoms with van der Waals surface area (Å²) >= 11 is 1.69. The molecule has 2 N–H and O–H groups in total. The number of guanidine groups is 1. The molecular formula is C19H28N4OS. The zero-order valence-corrected chi connectivity index (χ0v) is 16.1. The third-order valence-corrected chi connectivity index (χ3v) is 4.53. The van der Waals surface area contributed by atoms with E-state index in [1.165, 1.54) is 0 Å². The summed E-state index contributed by atoms with van der Waals surface area (Å²) in [5.41, 5.74) is 1.16. The fourth-order valence-electron chi connectivity index (χ4n) is 2.19. The Morgan fingerprint density at radius 3 is 2.68 bits per heavy atom. The second-order valence-corrected chi connectivity index (χ2v) is 6.98. The highest BCUT2D eigenvalue weighted by Crippen LogP contribution is 2.17. The highest BCUT2D eigenvalue weighted by molar-refractivity contribution is 7.09. The summed E-state index contributed by atoms with van der Waals surface area (Å²) in [6.45, 7) is 6.62. The number of rotatable bonds is 9. The summed E-state index contributed by atoms with van der Waals surface area (Å²) < 4.78 is 5.69. The Morgan fingerprint density at radius 1 is 1.20 bits per heavy atom. The highest BCUT2D eigenvalue weighted by atomic mass is 32.1. The number of nitrogens with zero attached hydrogens (tertiary/aromatic N) is 2. The van der Waals surface area contributed by atoms with E-state index in [0.717, 1.165) is 48.4 Å². The van der Waals surface area contributed by atoms with Crippen molar-refractivity contribution in [1.82, 2.24) is 15.6 Å². The number of para-hydroxylation sites is 1. The van der Waals surface area contributed by atoms with Gasteiger partial charge in [0.15, 0.2) is 5.96 Å². The normalized spacial score (nSPS) is 11.6. The van der Waals surface area contributed by atoms with Crippen LogP contribution in [0.15, 0.2) is 40.7 Å². The van der Waals surface area contributed by atoms with E-state index in [9.17, 15) is 0 Å². The molecule has 0 unspecified atom stereocenters. The summed E-state index contributed by atoms with van der Waals surface area (Å²) in [5, 5.41) is 9.85.